The first kappa shape index (κ1) is 22.0. The lowest BCUT2D eigenvalue weighted by Crippen LogP contribution is -2.34. The Morgan fingerprint density at radius 3 is 2.35 bits per heavy atom. The maximum absolute atomic E-state index is 12.5. The smallest absolute Gasteiger partial charge is 0.338 e. The third-order valence-electron chi connectivity index (χ3n) is 4.23. The monoisotopic (exact) mass is 434 g/mol. The Morgan fingerprint density at radius 2 is 1.65 bits per heavy atom. The molecule has 0 saturated carbocycles. The maximum Gasteiger partial charge on any atom is 0.338 e. The summed E-state index contributed by atoms with van der Waals surface area (Å²) in [6, 6.07) is 23.3. The number of carbonyl (C=O) groups excluding carboxylic acids is 2. The van der Waals surface area contributed by atoms with E-state index in [1.54, 1.807) is 55.5 Å². The standard InChI is InChI=1S/C24H22N2O4S/c1-2-29-23(28)18-11-13-20(14-12-18)25-24(31)26-22(27)19-9-6-10-21(15-19)30-16-17-7-4-3-5-8-17/h3-15H,2,16H2,1H3,(H2,25,26,27,31). The van der Waals surface area contributed by atoms with E-state index < -0.39 is 0 Å². The molecule has 1 amide bonds. The molecule has 0 radical (unpaired) electrons. The van der Waals surface area contributed by atoms with Crippen molar-refractivity contribution in [3.8, 4) is 5.75 Å². The third-order valence-corrected chi connectivity index (χ3v) is 4.43. The number of esters is 1. The molecule has 3 rings (SSSR count). The van der Waals surface area contributed by atoms with Crippen LogP contribution < -0.4 is 15.4 Å². The summed E-state index contributed by atoms with van der Waals surface area (Å²) in [5, 5.41) is 5.70. The number of rotatable bonds is 7. The highest BCUT2D eigenvalue weighted by Gasteiger charge is 2.10. The van der Waals surface area contributed by atoms with Crippen molar-refractivity contribution < 1.29 is 19.1 Å². The Balaban J connectivity index is 1.54. The molecule has 0 fully saturated rings. The zero-order valence-electron chi connectivity index (χ0n) is 17.0. The lowest BCUT2D eigenvalue weighted by molar-refractivity contribution is 0.0526. The number of thiocarbonyl (C=S) groups is 1. The maximum atomic E-state index is 12.5. The molecule has 0 aromatic heterocycles. The van der Waals surface area contributed by atoms with Crippen LogP contribution in [0.25, 0.3) is 0 Å². The fourth-order valence-electron chi connectivity index (χ4n) is 2.71. The molecule has 0 aliphatic heterocycles. The summed E-state index contributed by atoms with van der Waals surface area (Å²) >= 11 is 5.22. The van der Waals surface area contributed by atoms with Crippen molar-refractivity contribution in [2.45, 2.75) is 13.5 Å². The molecule has 0 aliphatic carbocycles. The fraction of sp³-hybridized carbons (Fsp3) is 0.125. The van der Waals surface area contributed by atoms with E-state index in [4.69, 9.17) is 21.7 Å². The minimum absolute atomic E-state index is 0.143. The highest BCUT2D eigenvalue weighted by Crippen LogP contribution is 2.16. The van der Waals surface area contributed by atoms with Crippen LogP contribution >= 0.6 is 12.2 Å². The number of benzene rings is 3. The summed E-state index contributed by atoms with van der Waals surface area (Å²) in [4.78, 5) is 24.2. The van der Waals surface area contributed by atoms with Crippen molar-refractivity contribution >= 4 is 34.9 Å². The van der Waals surface area contributed by atoms with Gasteiger partial charge in [0.2, 0.25) is 0 Å². The fourth-order valence-corrected chi connectivity index (χ4v) is 2.92. The highest BCUT2D eigenvalue weighted by molar-refractivity contribution is 7.80. The van der Waals surface area contributed by atoms with E-state index in [0.717, 1.165) is 5.56 Å². The van der Waals surface area contributed by atoms with Gasteiger partial charge in [-0.3, -0.25) is 10.1 Å². The molecule has 0 unspecified atom stereocenters. The number of ether oxygens (including phenoxy) is 2. The van der Waals surface area contributed by atoms with Gasteiger partial charge in [0.15, 0.2) is 5.11 Å². The first-order valence-electron chi connectivity index (χ1n) is 9.71. The average Bonchev–Trinajstić information content (AvgIpc) is 2.79. The van der Waals surface area contributed by atoms with Crippen LogP contribution in [0, 0.1) is 0 Å². The van der Waals surface area contributed by atoms with E-state index in [-0.39, 0.29) is 17.0 Å². The second-order valence-electron chi connectivity index (χ2n) is 6.51. The summed E-state index contributed by atoms with van der Waals surface area (Å²) in [5.41, 5.74) is 2.54. The Bertz CT molecular complexity index is 1050. The minimum atomic E-state index is -0.390. The van der Waals surface area contributed by atoms with Gasteiger partial charge in [-0.25, -0.2) is 4.79 Å². The summed E-state index contributed by atoms with van der Waals surface area (Å²) in [6.45, 7) is 2.47. The highest BCUT2D eigenvalue weighted by atomic mass is 32.1. The van der Waals surface area contributed by atoms with Gasteiger partial charge >= 0.3 is 5.97 Å². The molecular weight excluding hydrogens is 412 g/mol. The molecule has 0 aliphatic rings. The Labute approximate surface area is 186 Å². The molecule has 3 aromatic carbocycles. The third kappa shape index (κ3) is 6.65. The zero-order chi connectivity index (χ0) is 22.1. The van der Waals surface area contributed by atoms with E-state index in [1.807, 2.05) is 30.3 Å². The second-order valence-corrected chi connectivity index (χ2v) is 6.92. The van der Waals surface area contributed by atoms with E-state index in [0.29, 0.717) is 35.8 Å². The van der Waals surface area contributed by atoms with Crippen LogP contribution in [-0.4, -0.2) is 23.6 Å². The molecule has 0 bridgehead atoms. The van der Waals surface area contributed by atoms with Gasteiger partial charge in [-0.05, 0) is 67.2 Å². The summed E-state index contributed by atoms with van der Waals surface area (Å²) < 4.78 is 10.7. The Hall–Kier alpha value is -3.71. The van der Waals surface area contributed by atoms with Gasteiger partial charge in [0.1, 0.15) is 12.4 Å². The number of nitrogens with one attached hydrogen (secondary N) is 2. The van der Waals surface area contributed by atoms with Gasteiger partial charge < -0.3 is 14.8 Å². The normalized spacial score (nSPS) is 10.1. The number of carbonyl (C=O) groups is 2. The molecule has 0 saturated heterocycles. The van der Waals surface area contributed by atoms with Crippen molar-refractivity contribution in [2.24, 2.45) is 0 Å². The first-order chi connectivity index (χ1) is 15.0. The molecule has 7 heteroatoms. The largest absolute Gasteiger partial charge is 0.489 e. The minimum Gasteiger partial charge on any atom is -0.489 e. The van der Waals surface area contributed by atoms with Crippen LogP contribution in [-0.2, 0) is 11.3 Å². The molecular formula is C24H22N2O4S. The lowest BCUT2D eigenvalue weighted by atomic mass is 10.2. The predicted octanol–water partition coefficient (Wildman–Crippen LogP) is 4.57. The van der Waals surface area contributed by atoms with Crippen LogP contribution in [0.3, 0.4) is 0 Å². The summed E-state index contributed by atoms with van der Waals surface area (Å²) in [7, 11) is 0. The van der Waals surface area contributed by atoms with Crippen molar-refractivity contribution in [1.29, 1.82) is 0 Å². The van der Waals surface area contributed by atoms with Crippen molar-refractivity contribution in [3.63, 3.8) is 0 Å². The van der Waals surface area contributed by atoms with Gasteiger partial charge in [0.05, 0.1) is 12.2 Å². The number of hydrogen-bond donors (Lipinski definition) is 2. The molecule has 2 N–H and O–H groups in total. The van der Waals surface area contributed by atoms with Crippen LogP contribution in [0.2, 0.25) is 0 Å². The van der Waals surface area contributed by atoms with Crippen LogP contribution in [0.4, 0.5) is 5.69 Å². The second kappa shape index (κ2) is 10.9. The molecule has 0 heterocycles. The SMILES string of the molecule is CCOC(=O)c1ccc(NC(=S)NC(=O)c2cccc(OCc3ccccc3)c2)cc1. The quantitative estimate of drug-likeness (QED) is 0.419. The van der Waals surface area contributed by atoms with E-state index in [2.05, 4.69) is 10.6 Å². The van der Waals surface area contributed by atoms with Crippen LogP contribution in [0.15, 0.2) is 78.9 Å². The molecule has 158 valence electrons. The molecule has 0 spiro atoms. The van der Waals surface area contributed by atoms with Crippen LogP contribution in [0.5, 0.6) is 5.75 Å². The van der Waals surface area contributed by atoms with Gasteiger partial charge in [-0.1, -0.05) is 36.4 Å². The Morgan fingerprint density at radius 1 is 0.903 bits per heavy atom. The van der Waals surface area contributed by atoms with Gasteiger partial charge in [-0.2, -0.15) is 0 Å². The van der Waals surface area contributed by atoms with E-state index >= 15 is 0 Å². The van der Waals surface area contributed by atoms with Gasteiger partial charge in [-0.15, -0.1) is 0 Å². The molecule has 31 heavy (non-hydrogen) atoms. The molecule has 6 nitrogen and oxygen atoms in total. The van der Waals surface area contributed by atoms with E-state index in [1.165, 1.54) is 0 Å². The van der Waals surface area contributed by atoms with Crippen molar-refractivity contribution in [3.05, 3.63) is 95.6 Å². The average molecular weight is 435 g/mol. The predicted molar refractivity (Wildman–Crippen MR) is 123 cm³/mol. The molecule has 3 aromatic rings. The zero-order valence-corrected chi connectivity index (χ0v) is 17.8. The number of hydrogen-bond acceptors (Lipinski definition) is 5. The van der Waals surface area contributed by atoms with Crippen molar-refractivity contribution in [2.75, 3.05) is 11.9 Å². The van der Waals surface area contributed by atoms with Crippen LogP contribution in [0.1, 0.15) is 33.2 Å². The topological polar surface area (TPSA) is 76.7 Å². The van der Waals surface area contributed by atoms with E-state index in [9.17, 15) is 9.59 Å². The Kier molecular flexibility index (Phi) is 7.73. The summed E-state index contributed by atoms with van der Waals surface area (Å²) in [5.74, 6) is -0.157. The molecule has 0 atom stereocenters. The first-order valence-corrected chi connectivity index (χ1v) is 10.1. The number of amides is 1. The summed E-state index contributed by atoms with van der Waals surface area (Å²) in [6.07, 6.45) is 0. The van der Waals surface area contributed by atoms with Gasteiger partial charge in [0.25, 0.3) is 5.91 Å². The number of anilines is 1. The van der Waals surface area contributed by atoms with Gasteiger partial charge in [0, 0.05) is 11.3 Å². The van der Waals surface area contributed by atoms with Crippen molar-refractivity contribution in [1.82, 2.24) is 5.32 Å². The lowest BCUT2D eigenvalue weighted by Gasteiger charge is -2.11.